The summed E-state index contributed by atoms with van der Waals surface area (Å²) in [6.45, 7) is 5.77. The number of nitrogens with zero attached hydrogens (tertiary/aromatic N) is 2. The molecule has 0 spiro atoms. The van der Waals surface area contributed by atoms with E-state index in [1.54, 1.807) is 23.1 Å². The summed E-state index contributed by atoms with van der Waals surface area (Å²) in [5.41, 5.74) is 9.01. The molecule has 0 aliphatic heterocycles. The number of anilines is 1. The van der Waals surface area contributed by atoms with Crippen molar-refractivity contribution in [2.45, 2.75) is 36.0 Å². The fourth-order valence-corrected chi connectivity index (χ4v) is 4.52. The van der Waals surface area contributed by atoms with Crippen LogP contribution in [-0.2, 0) is 4.79 Å². The van der Waals surface area contributed by atoms with E-state index >= 15 is 0 Å². The number of benzene rings is 2. The van der Waals surface area contributed by atoms with Crippen molar-refractivity contribution in [3.63, 3.8) is 0 Å². The quantitative estimate of drug-likeness (QED) is 0.635. The Morgan fingerprint density at radius 2 is 1.89 bits per heavy atom. The molecule has 0 bridgehead atoms. The maximum atomic E-state index is 12.6. The number of rotatable bonds is 6. The first kappa shape index (κ1) is 19.5. The van der Waals surface area contributed by atoms with Gasteiger partial charge in [-0.15, -0.1) is 10.2 Å². The molecule has 0 aliphatic rings. The molecule has 140 valence electrons. The van der Waals surface area contributed by atoms with Gasteiger partial charge in [0, 0.05) is 16.6 Å². The molecule has 0 saturated carbocycles. The third-order valence-corrected chi connectivity index (χ3v) is 6.18. The van der Waals surface area contributed by atoms with Crippen molar-refractivity contribution in [2.24, 2.45) is 11.7 Å². The topological polar surface area (TPSA) is 80.9 Å². The highest BCUT2D eigenvalue weighted by molar-refractivity contribution is 8.01. The van der Waals surface area contributed by atoms with Crippen LogP contribution in [0.1, 0.15) is 29.1 Å². The first-order valence-corrected chi connectivity index (χ1v) is 10.3. The molecule has 0 saturated heterocycles. The van der Waals surface area contributed by atoms with Gasteiger partial charge >= 0.3 is 0 Å². The van der Waals surface area contributed by atoms with Crippen LogP contribution in [0.2, 0.25) is 0 Å². The molecule has 0 fully saturated rings. The van der Waals surface area contributed by atoms with Gasteiger partial charge in [0.05, 0.1) is 5.92 Å². The Hall–Kier alpha value is -2.22. The minimum absolute atomic E-state index is 0.0883. The van der Waals surface area contributed by atoms with E-state index in [9.17, 15) is 4.79 Å². The van der Waals surface area contributed by atoms with E-state index in [1.165, 1.54) is 0 Å². The Balaban J connectivity index is 1.67. The number of hydrogen-bond acceptors (Lipinski definition) is 6. The number of aryl methyl sites for hydroxylation is 2. The SMILES string of the molecule is Cc1nnc(Sc2ccc(NC(=O)C(C)C(N)c3ccccc3)c(C)c2)s1. The van der Waals surface area contributed by atoms with Crippen LogP contribution >= 0.6 is 23.1 Å². The van der Waals surface area contributed by atoms with Gasteiger partial charge in [0.2, 0.25) is 5.91 Å². The molecule has 0 aliphatic carbocycles. The molecule has 2 aromatic carbocycles. The average Bonchev–Trinajstić information content (AvgIpc) is 3.08. The Bertz CT molecular complexity index is 927. The van der Waals surface area contributed by atoms with Gasteiger partial charge in [-0.25, -0.2) is 0 Å². The van der Waals surface area contributed by atoms with Crippen molar-refractivity contribution in [1.82, 2.24) is 10.2 Å². The highest BCUT2D eigenvalue weighted by Gasteiger charge is 2.22. The number of amides is 1. The predicted octanol–water partition coefficient (Wildman–Crippen LogP) is 4.58. The van der Waals surface area contributed by atoms with E-state index in [2.05, 4.69) is 15.5 Å². The van der Waals surface area contributed by atoms with Gasteiger partial charge in [-0.1, -0.05) is 60.4 Å². The zero-order valence-electron chi connectivity index (χ0n) is 15.5. The number of nitrogens with two attached hydrogens (primary N) is 1. The number of hydrogen-bond donors (Lipinski definition) is 2. The zero-order chi connectivity index (χ0) is 19.4. The lowest BCUT2D eigenvalue weighted by atomic mass is 9.94. The lowest BCUT2D eigenvalue weighted by Crippen LogP contribution is -2.30. The normalized spacial score (nSPS) is 13.2. The highest BCUT2D eigenvalue weighted by Crippen LogP contribution is 2.32. The van der Waals surface area contributed by atoms with Gasteiger partial charge in [0.25, 0.3) is 0 Å². The fourth-order valence-electron chi connectivity index (χ4n) is 2.63. The molecular weight excluding hydrogens is 376 g/mol. The molecular formula is C20H22N4OS2. The largest absolute Gasteiger partial charge is 0.326 e. The van der Waals surface area contributed by atoms with Crippen molar-refractivity contribution >= 4 is 34.7 Å². The third kappa shape index (κ3) is 4.94. The van der Waals surface area contributed by atoms with E-state index in [4.69, 9.17) is 5.73 Å². The van der Waals surface area contributed by atoms with Crippen LogP contribution in [0.25, 0.3) is 0 Å². The van der Waals surface area contributed by atoms with Crippen molar-refractivity contribution in [2.75, 3.05) is 5.32 Å². The highest BCUT2D eigenvalue weighted by atomic mass is 32.2. The minimum Gasteiger partial charge on any atom is -0.326 e. The molecule has 3 aromatic rings. The van der Waals surface area contributed by atoms with Gasteiger partial charge in [0.15, 0.2) is 4.34 Å². The molecule has 5 nitrogen and oxygen atoms in total. The van der Waals surface area contributed by atoms with Crippen LogP contribution in [0.3, 0.4) is 0 Å². The van der Waals surface area contributed by atoms with Crippen LogP contribution in [0.5, 0.6) is 0 Å². The monoisotopic (exact) mass is 398 g/mol. The molecule has 1 heterocycles. The molecule has 1 aromatic heterocycles. The molecule has 2 atom stereocenters. The smallest absolute Gasteiger partial charge is 0.229 e. The van der Waals surface area contributed by atoms with Crippen molar-refractivity contribution in [3.8, 4) is 0 Å². The van der Waals surface area contributed by atoms with Crippen molar-refractivity contribution in [3.05, 3.63) is 64.7 Å². The molecule has 1 amide bonds. The summed E-state index contributed by atoms with van der Waals surface area (Å²) in [4.78, 5) is 13.7. The number of carbonyl (C=O) groups is 1. The second-order valence-corrected chi connectivity index (χ2v) is 8.88. The minimum atomic E-state index is -0.345. The molecule has 2 unspecified atom stereocenters. The first-order valence-electron chi connectivity index (χ1n) is 8.64. The van der Waals surface area contributed by atoms with Crippen molar-refractivity contribution in [1.29, 1.82) is 0 Å². The van der Waals surface area contributed by atoms with Gasteiger partial charge in [-0.2, -0.15) is 0 Å². The maximum absolute atomic E-state index is 12.6. The van der Waals surface area contributed by atoms with Gasteiger partial charge in [0.1, 0.15) is 5.01 Å². The van der Waals surface area contributed by atoms with Crippen LogP contribution in [0, 0.1) is 19.8 Å². The second kappa shape index (κ2) is 8.65. The van der Waals surface area contributed by atoms with E-state index in [-0.39, 0.29) is 17.9 Å². The second-order valence-electron chi connectivity index (χ2n) is 6.38. The van der Waals surface area contributed by atoms with E-state index in [1.807, 2.05) is 69.3 Å². The van der Waals surface area contributed by atoms with Gasteiger partial charge < -0.3 is 11.1 Å². The van der Waals surface area contributed by atoms with Crippen LogP contribution < -0.4 is 11.1 Å². The molecule has 3 rings (SSSR count). The molecule has 27 heavy (non-hydrogen) atoms. The Morgan fingerprint density at radius 1 is 1.15 bits per heavy atom. The van der Waals surface area contributed by atoms with Crippen LogP contribution in [-0.4, -0.2) is 16.1 Å². The molecule has 3 N–H and O–H groups in total. The predicted molar refractivity (Wildman–Crippen MR) is 111 cm³/mol. The van der Waals surface area contributed by atoms with E-state index in [0.717, 1.165) is 31.1 Å². The molecule has 7 heteroatoms. The number of aromatic nitrogens is 2. The first-order chi connectivity index (χ1) is 12.9. The fraction of sp³-hybridized carbons (Fsp3) is 0.250. The lowest BCUT2D eigenvalue weighted by Gasteiger charge is -2.20. The summed E-state index contributed by atoms with van der Waals surface area (Å²) in [6, 6.07) is 15.3. The summed E-state index contributed by atoms with van der Waals surface area (Å²) in [6.07, 6.45) is 0. The maximum Gasteiger partial charge on any atom is 0.229 e. The number of carbonyl (C=O) groups excluding carboxylic acids is 1. The van der Waals surface area contributed by atoms with Gasteiger partial charge in [-0.3, -0.25) is 4.79 Å². The zero-order valence-corrected chi connectivity index (χ0v) is 17.1. The summed E-state index contributed by atoms with van der Waals surface area (Å²) in [5.74, 6) is -0.431. The standard InChI is InChI=1S/C20H22N4OS2/c1-12-11-16(27-20-24-23-14(3)26-20)9-10-17(12)22-19(25)13(2)18(21)15-7-5-4-6-8-15/h4-11,13,18H,21H2,1-3H3,(H,22,25). The number of nitrogens with one attached hydrogen (secondary N) is 1. The van der Waals surface area contributed by atoms with E-state index < -0.39 is 0 Å². The summed E-state index contributed by atoms with van der Waals surface area (Å²) < 4.78 is 0.908. The third-order valence-electron chi connectivity index (χ3n) is 4.31. The summed E-state index contributed by atoms with van der Waals surface area (Å²) in [5, 5.41) is 12.1. The van der Waals surface area contributed by atoms with Crippen molar-refractivity contribution < 1.29 is 4.79 Å². The summed E-state index contributed by atoms with van der Waals surface area (Å²) in [7, 11) is 0. The van der Waals surface area contributed by atoms with E-state index in [0.29, 0.717) is 0 Å². The average molecular weight is 399 g/mol. The Labute approximate surface area is 167 Å². The van der Waals surface area contributed by atoms with Crippen LogP contribution in [0.4, 0.5) is 5.69 Å². The van der Waals surface area contributed by atoms with Crippen LogP contribution in [0.15, 0.2) is 57.8 Å². The Morgan fingerprint density at radius 3 is 2.52 bits per heavy atom. The van der Waals surface area contributed by atoms with Gasteiger partial charge in [-0.05, 0) is 43.2 Å². The lowest BCUT2D eigenvalue weighted by molar-refractivity contribution is -0.120. The summed E-state index contributed by atoms with van der Waals surface area (Å²) >= 11 is 3.14. The molecule has 0 radical (unpaired) electrons. The Kier molecular flexibility index (Phi) is 6.26.